The van der Waals surface area contributed by atoms with Crippen LogP contribution in [0.3, 0.4) is 0 Å². The van der Waals surface area contributed by atoms with Crippen molar-refractivity contribution >= 4 is 21.8 Å². The smallest absolute Gasteiger partial charge is 0.162 e. The highest BCUT2D eigenvalue weighted by Gasteiger charge is 2.16. The van der Waals surface area contributed by atoms with Gasteiger partial charge in [0.1, 0.15) is 5.69 Å². The zero-order chi connectivity index (χ0) is 19.0. The second-order valence-electron chi connectivity index (χ2n) is 5.99. The van der Waals surface area contributed by atoms with Crippen LogP contribution in [0.4, 0.5) is 0 Å². The predicted octanol–water partition coefficient (Wildman–Crippen LogP) is 3.16. The number of nitrogens with one attached hydrogen (secondary N) is 1. The third-order valence-electron chi connectivity index (χ3n) is 4.57. The molecule has 0 aliphatic heterocycles. The summed E-state index contributed by atoms with van der Waals surface area (Å²) in [6.45, 7) is -0.216. The minimum Gasteiger partial charge on any atom is -0.493 e. The first-order valence-electron chi connectivity index (χ1n) is 8.23. The summed E-state index contributed by atoms with van der Waals surface area (Å²) >= 11 is 0. The SMILES string of the molecule is COc1cc2ncc3[nH]nc(-c4ccc(C#N)c(CO)c4)c3c2cc1OC. The molecule has 0 saturated carbocycles. The lowest BCUT2D eigenvalue weighted by molar-refractivity contribution is 0.281. The van der Waals surface area contributed by atoms with E-state index in [4.69, 9.17) is 9.47 Å². The number of fused-ring (bicyclic) bond motifs is 3. The van der Waals surface area contributed by atoms with Crippen molar-refractivity contribution in [2.45, 2.75) is 6.61 Å². The molecule has 2 aromatic carbocycles. The molecule has 134 valence electrons. The molecule has 0 fully saturated rings. The Labute approximate surface area is 154 Å². The molecule has 0 spiro atoms. The van der Waals surface area contributed by atoms with E-state index in [1.807, 2.05) is 18.2 Å². The van der Waals surface area contributed by atoms with Gasteiger partial charge in [-0.25, -0.2) is 0 Å². The van der Waals surface area contributed by atoms with Gasteiger partial charge in [0.15, 0.2) is 11.5 Å². The van der Waals surface area contributed by atoms with Crippen LogP contribution in [0.25, 0.3) is 33.1 Å². The van der Waals surface area contributed by atoms with Crippen LogP contribution < -0.4 is 9.47 Å². The first-order valence-corrected chi connectivity index (χ1v) is 8.23. The summed E-state index contributed by atoms with van der Waals surface area (Å²) in [6.07, 6.45) is 1.72. The zero-order valence-corrected chi connectivity index (χ0v) is 14.8. The molecule has 2 aromatic heterocycles. The van der Waals surface area contributed by atoms with Crippen LogP contribution in [0.1, 0.15) is 11.1 Å². The van der Waals surface area contributed by atoms with Crippen molar-refractivity contribution in [2.24, 2.45) is 0 Å². The van der Waals surface area contributed by atoms with Gasteiger partial charge < -0.3 is 14.6 Å². The molecule has 4 rings (SSSR count). The topological polar surface area (TPSA) is 104 Å². The number of hydrogen-bond acceptors (Lipinski definition) is 6. The quantitative estimate of drug-likeness (QED) is 0.579. The molecule has 0 bridgehead atoms. The molecule has 0 aliphatic carbocycles. The highest BCUT2D eigenvalue weighted by molar-refractivity contribution is 6.11. The van der Waals surface area contributed by atoms with E-state index < -0.39 is 0 Å². The van der Waals surface area contributed by atoms with Crippen molar-refractivity contribution in [3.05, 3.63) is 47.7 Å². The molecular weight excluding hydrogens is 344 g/mol. The Balaban J connectivity index is 2.02. The number of hydrogen-bond donors (Lipinski definition) is 2. The van der Waals surface area contributed by atoms with Crippen LogP contribution in [0, 0.1) is 11.3 Å². The molecule has 7 heteroatoms. The van der Waals surface area contributed by atoms with E-state index in [0.717, 1.165) is 27.4 Å². The summed E-state index contributed by atoms with van der Waals surface area (Å²) in [5.41, 5.74) is 4.04. The Morgan fingerprint density at radius 1 is 1.15 bits per heavy atom. The maximum absolute atomic E-state index is 9.56. The number of rotatable bonds is 4. The van der Waals surface area contributed by atoms with Crippen molar-refractivity contribution in [3.8, 4) is 28.8 Å². The fraction of sp³-hybridized carbons (Fsp3) is 0.150. The van der Waals surface area contributed by atoms with Crippen LogP contribution in [0.15, 0.2) is 36.5 Å². The molecule has 2 N–H and O–H groups in total. The molecule has 2 heterocycles. The van der Waals surface area contributed by atoms with Crippen LogP contribution in [0.2, 0.25) is 0 Å². The van der Waals surface area contributed by atoms with E-state index in [0.29, 0.717) is 28.3 Å². The number of benzene rings is 2. The predicted molar refractivity (Wildman–Crippen MR) is 101 cm³/mol. The summed E-state index contributed by atoms with van der Waals surface area (Å²) in [5, 5.41) is 27.9. The highest BCUT2D eigenvalue weighted by atomic mass is 16.5. The second kappa shape index (κ2) is 6.59. The van der Waals surface area contributed by atoms with Crippen LogP contribution in [-0.4, -0.2) is 34.5 Å². The average Bonchev–Trinajstić information content (AvgIpc) is 3.16. The molecule has 0 amide bonds. The summed E-state index contributed by atoms with van der Waals surface area (Å²) < 4.78 is 10.8. The largest absolute Gasteiger partial charge is 0.493 e. The van der Waals surface area contributed by atoms with Gasteiger partial charge in [-0.2, -0.15) is 10.4 Å². The van der Waals surface area contributed by atoms with Crippen molar-refractivity contribution in [1.82, 2.24) is 15.2 Å². The molecule has 0 radical (unpaired) electrons. The van der Waals surface area contributed by atoms with Gasteiger partial charge in [-0.15, -0.1) is 0 Å². The Kier molecular flexibility index (Phi) is 4.11. The number of H-pyrrole nitrogens is 1. The zero-order valence-electron chi connectivity index (χ0n) is 14.8. The second-order valence-corrected chi connectivity index (χ2v) is 5.99. The van der Waals surface area contributed by atoms with Gasteiger partial charge in [-0.3, -0.25) is 10.1 Å². The number of aliphatic hydroxyl groups is 1. The van der Waals surface area contributed by atoms with Gasteiger partial charge in [0.2, 0.25) is 0 Å². The Bertz CT molecular complexity index is 1210. The molecule has 0 atom stereocenters. The Morgan fingerprint density at radius 3 is 2.63 bits per heavy atom. The number of aliphatic hydroxyl groups excluding tert-OH is 1. The monoisotopic (exact) mass is 360 g/mol. The fourth-order valence-electron chi connectivity index (χ4n) is 3.22. The number of methoxy groups -OCH3 is 2. The summed E-state index contributed by atoms with van der Waals surface area (Å²) in [4.78, 5) is 4.47. The highest BCUT2D eigenvalue weighted by Crippen LogP contribution is 2.37. The van der Waals surface area contributed by atoms with Gasteiger partial charge in [-0.05, 0) is 23.8 Å². The van der Waals surface area contributed by atoms with Crippen molar-refractivity contribution in [1.29, 1.82) is 5.26 Å². The maximum atomic E-state index is 9.56. The van der Waals surface area contributed by atoms with E-state index in [9.17, 15) is 10.4 Å². The van der Waals surface area contributed by atoms with Crippen LogP contribution >= 0.6 is 0 Å². The normalized spacial score (nSPS) is 10.9. The van der Waals surface area contributed by atoms with Gasteiger partial charge >= 0.3 is 0 Å². The first kappa shape index (κ1) is 16.8. The molecule has 27 heavy (non-hydrogen) atoms. The third-order valence-corrected chi connectivity index (χ3v) is 4.57. The van der Waals surface area contributed by atoms with E-state index in [1.165, 1.54) is 0 Å². The van der Waals surface area contributed by atoms with Crippen molar-refractivity contribution < 1.29 is 14.6 Å². The summed E-state index contributed by atoms with van der Waals surface area (Å²) in [5.74, 6) is 1.20. The molecule has 0 aliphatic rings. The Hall–Kier alpha value is -3.63. The lowest BCUT2D eigenvalue weighted by atomic mass is 10.00. The summed E-state index contributed by atoms with van der Waals surface area (Å²) in [6, 6.07) is 11.1. The van der Waals surface area contributed by atoms with Crippen molar-refractivity contribution in [2.75, 3.05) is 14.2 Å². The van der Waals surface area contributed by atoms with Gasteiger partial charge in [0.05, 0.1) is 49.7 Å². The molecule has 0 saturated heterocycles. The van der Waals surface area contributed by atoms with Gasteiger partial charge in [0, 0.05) is 22.4 Å². The van der Waals surface area contributed by atoms with E-state index in [2.05, 4.69) is 21.3 Å². The minimum atomic E-state index is -0.216. The molecule has 7 nitrogen and oxygen atoms in total. The summed E-state index contributed by atoms with van der Waals surface area (Å²) in [7, 11) is 3.17. The number of nitriles is 1. The average molecular weight is 360 g/mol. The fourth-order valence-corrected chi connectivity index (χ4v) is 3.22. The van der Waals surface area contributed by atoms with Crippen molar-refractivity contribution in [3.63, 3.8) is 0 Å². The molecule has 0 unspecified atom stereocenters. The number of pyridine rings is 1. The third kappa shape index (κ3) is 2.63. The molecule has 4 aromatic rings. The van der Waals surface area contributed by atoms with E-state index in [1.54, 1.807) is 32.5 Å². The lowest BCUT2D eigenvalue weighted by Gasteiger charge is -2.10. The van der Waals surface area contributed by atoms with Crippen LogP contribution in [-0.2, 0) is 6.61 Å². The van der Waals surface area contributed by atoms with E-state index in [-0.39, 0.29) is 6.61 Å². The van der Waals surface area contributed by atoms with E-state index >= 15 is 0 Å². The lowest BCUT2D eigenvalue weighted by Crippen LogP contribution is -1.93. The van der Waals surface area contributed by atoms with Gasteiger partial charge in [-0.1, -0.05) is 6.07 Å². The van der Waals surface area contributed by atoms with Crippen LogP contribution in [0.5, 0.6) is 11.5 Å². The maximum Gasteiger partial charge on any atom is 0.162 e. The standard InChI is InChI=1S/C20H16N4O3/c1-26-17-6-14-15(7-18(17)27-2)22-9-16-19(14)20(24-23-16)11-3-4-12(8-21)13(5-11)10-25/h3-7,9,25H,10H2,1-2H3,(H,23,24). The van der Waals surface area contributed by atoms with Gasteiger partial charge in [0.25, 0.3) is 0 Å². The number of aromatic amines is 1. The number of aromatic nitrogens is 3. The Morgan fingerprint density at radius 2 is 1.93 bits per heavy atom. The number of nitrogens with zero attached hydrogens (tertiary/aromatic N) is 3. The molecular formula is C20H16N4O3. The minimum absolute atomic E-state index is 0.216. The first-order chi connectivity index (χ1) is 13.2. The number of ether oxygens (including phenoxy) is 2.